The van der Waals surface area contributed by atoms with E-state index in [2.05, 4.69) is 20.5 Å². The number of fused-ring (bicyclic) bond motifs is 1. The predicted molar refractivity (Wildman–Crippen MR) is 99.4 cm³/mol. The Balaban J connectivity index is 1.45. The molecule has 1 saturated heterocycles. The number of carbonyl (C=O) groups excluding carboxylic acids is 1. The van der Waals surface area contributed by atoms with Crippen LogP contribution in [0.2, 0.25) is 0 Å². The Morgan fingerprint density at radius 3 is 2.73 bits per heavy atom. The first-order valence-corrected chi connectivity index (χ1v) is 9.87. The molecule has 0 spiro atoms. The summed E-state index contributed by atoms with van der Waals surface area (Å²) in [6.07, 6.45) is 0.350. The molecule has 2 fully saturated rings. The van der Waals surface area contributed by atoms with E-state index in [1.165, 1.54) is 0 Å². The predicted octanol–water partition coefficient (Wildman–Crippen LogP) is 3.01. The van der Waals surface area contributed by atoms with E-state index in [0.717, 1.165) is 41.5 Å². The van der Waals surface area contributed by atoms with Crippen LogP contribution in [-0.2, 0) is 0 Å². The number of halogens is 2. The van der Waals surface area contributed by atoms with Gasteiger partial charge in [-0.3, -0.25) is 4.79 Å². The number of piperazine rings is 1. The van der Waals surface area contributed by atoms with Crippen molar-refractivity contribution in [2.45, 2.75) is 37.6 Å². The molecule has 140 valence electrons. The van der Waals surface area contributed by atoms with Gasteiger partial charge in [0.15, 0.2) is 5.13 Å². The highest BCUT2D eigenvalue weighted by Gasteiger charge is 2.35. The largest absolute Gasteiger partial charge is 0.349 e. The molecular weight excluding hydrogens is 358 g/mol. The Hall–Kier alpha value is -1.80. The fourth-order valence-electron chi connectivity index (χ4n) is 3.50. The van der Waals surface area contributed by atoms with Crippen LogP contribution in [0.15, 0.2) is 18.2 Å². The lowest BCUT2D eigenvalue weighted by atomic mass is 9.92. The summed E-state index contributed by atoms with van der Waals surface area (Å²) in [6.45, 7) is 3.76. The number of amides is 1. The van der Waals surface area contributed by atoms with E-state index in [-0.39, 0.29) is 24.8 Å². The van der Waals surface area contributed by atoms with Crippen LogP contribution >= 0.6 is 11.3 Å². The molecule has 8 heteroatoms. The maximum atomic E-state index is 13.2. The lowest BCUT2D eigenvalue weighted by Gasteiger charge is -2.28. The van der Waals surface area contributed by atoms with Gasteiger partial charge in [-0.25, -0.2) is 13.8 Å². The third kappa shape index (κ3) is 3.81. The Labute approximate surface area is 154 Å². The monoisotopic (exact) mass is 380 g/mol. The van der Waals surface area contributed by atoms with Crippen molar-refractivity contribution in [1.82, 2.24) is 15.6 Å². The molecule has 5 nitrogen and oxygen atoms in total. The number of nitrogens with one attached hydrogen (secondary N) is 2. The fraction of sp³-hybridized carbons (Fsp3) is 0.556. The summed E-state index contributed by atoms with van der Waals surface area (Å²) < 4.78 is 27.5. The van der Waals surface area contributed by atoms with Crippen molar-refractivity contribution in [1.29, 1.82) is 0 Å². The van der Waals surface area contributed by atoms with Gasteiger partial charge >= 0.3 is 0 Å². The molecule has 2 N–H and O–H groups in total. The average molecular weight is 380 g/mol. The van der Waals surface area contributed by atoms with Crippen molar-refractivity contribution in [2.24, 2.45) is 0 Å². The van der Waals surface area contributed by atoms with Gasteiger partial charge < -0.3 is 15.5 Å². The first-order valence-electron chi connectivity index (χ1n) is 9.05. The minimum atomic E-state index is -2.58. The van der Waals surface area contributed by atoms with E-state index in [1.54, 1.807) is 17.4 Å². The lowest BCUT2D eigenvalue weighted by Crippen LogP contribution is -2.43. The third-order valence-electron chi connectivity index (χ3n) is 5.08. The maximum Gasteiger partial charge on any atom is 0.251 e. The van der Waals surface area contributed by atoms with Crippen molar-refractivity contribution >= 4 is 32.6 Å². The van der Waals surface area contributed by atoms with E-state index in [9.17, 15) is 13.6 Å². The molecule has 0 atom stereocenters. The molecule has 4 rings (SSSR count). The first-order chi connectivity index (χ1) is 12.5. The smallest absolute Gasteiger partial charge is 0.251 e. The van der Waals surface area contributed by atoms with Crippen LogP contribution in [-0.4, -0.2) is 49.0 Å². The highest BCUT2D eigenvalue weighted by molar-refractivity contribution is 7.22. The number of anilines is 1. The molecule has 1 aliphatic heterocycles. The average Bonchev–Trinajstić information content (AvgIpc) is 3.07. The Kier molecular flexibility index (Phi) is 4.79. The summed E-state index contributed by atoms with van der Waals surface area (Å²) in [4.78, 5) is 19.4. The van der Waals surface area contributed by atoms with Gasteiger partial charge in [0.05, 0.1) is 10.2 Å². The number of thiazole rings is 1. The van der Waals surface area contributed by atoms with Gasteiger partial charge in [-0.2, -0.15) is 0 Å². The minimum absolute atomic E-state index is 0.153. The van der Waals surface area contributed by atoms with E-state index in [4.69, 9.17) is 0 Å². The van der Waals surface area contributed by atoms with Crippen molar-refractivity contribution < 1.29 is 13.6 Å². The quantitative estimate of drug-likeness (QED) is 0.860. The number of alkyl halides is 2. The Bertz CT molecular complexity index is 794. The van der Waals surface area contributed by atoms with Crippen LogP contribution in [0, 0.1) is 0 Å². The van der Waals surface area contributed by atoms with Crippen molar-refractivity contribution in [3.8, 4) is 0 Å². The van der Waals surface area contributed by atoms with Gasteiger partial charge in [0.25, 0.3) is 5.91 Å². The molecule has 2 aliphatic rings. The van der Waals surface area contributed by atoms with Crippen LogP contribution in [0.5, 0.6) is 0 Å². The van der Waals surface area contributed by atoms with Crippen LogP contribution in [0.4, 0.5) is 13.9 Å². The summed E-state index contributed by atoms with van der Waals surface area (Å²) in [5.74, 6) is -2.78. The van der Waals surface area contributed by atoms with Gasteiger partial charge in [0.1, 0.15) is 0 Å². The second-order valence-corrected chi connectivity index (χ2v) is 8.03. The normalized spacial score (nSPS) is 21.1. The number of hydrogen-bond acceptors (Lipinski definition) is 5. The number of carbonyl (C=O) groups is 1. The first kappa shape index (κ1) is 17.6. The van der Waals surface area contributed by atoms with Gasteiger partial charge in [-0.15, -0.1) is 0 Å². The zero-order valence-corrected chi connectivity index (χ0v) is 15.2. The summed E-state index contributed by atoms with van der Waals surface area (Å²) in [5.41, 5.74) is 1.45. The fourth-order valence-corrected chi connectivity index (χ4v) is 4.55. The van der Waals surface area contributed by atoms with Gasteiger partial charge in [-0.05, 0) is 31.0 Å². The van der Waals surface area contributed by atoms with Crippen molar-refractivity contribution in [3.05, 3.63) is 23.8 Å². The molecule has 26 heavy (non-hydrogen) atoms. The Morgan fingerprint density at radius 1 is 1.27 bits per heavy atom. The van der Waals surface area contributed by atoms with Gasteiger partial charge in [0, 0.05) is 50.6 Å². The van der Waals surface area contributed by atoms with Gasteiger partial charge in [0.2, 0.25) is 5.92 Å². The van der Waals surface area contributed by atoms with Crippen LogP contribution < -0.4 is 15.5 Å². The van der Waals surface area contributed by atoms with E-state index in [1.807, 2.05) is 12.1 Å². The Morgan fingerprint density at radius 2 is 2.00 bits per heavy atom. The molecule has 0 unspecified atom stereocenters. The van der Waals surface area contributed by atoms with Gasteiger partial charge in [-0.1, -0.05) is 11.3 Å². The zero-order valence-electron chi connectivity index (χ0n) is 14.4. The number of hydrogen-bond donors (Lipinski definition) is 2. The number of benzene rings is 1. The minimum Gasteiger partial charge on any atom is -0.349 e. The lowest BCUT2D eigenvalue weighted by molar-refractivity contribution is -0.0399. The summed E-state index contributed by atoms with van der Waals surface area (Å²) in [6, 6.07) is 5.30. The molecule has 1 saturated carbocycles. The molecular formula is C18H22F2N4OS. The topological polar surface area (TPSA) is 57.3 Å². The van der Waals surface area contributed by atoms with Crippen molar-refractivity contribution in [2.75, 3.05) is 31.1 Å². The van der Waals surface area contributed by atoms with Crippen molar-refractivity contribution in [3.63, 3.8) is 0 Å². The molecule has 1 aromatic heterocycles. The van der Waals surface area contributed by atoms with Crippen LogP contribution in [0.1, 0.15) is 36.0 Å². The van der Waals surface area contributed by atoms with Crippen LogP contribution in [0.25, 0.3) is 10.2 Å². The van der Waals surface area contributed by atoms with Crippen LogP contribution in [0.3, 0.4) is 0 Å². The molecule has 1 aromatic carbocycles. The summed E-state index contributed by atoms with van der Waals surface area (Å²) >= 11 is 1.59. The van der Waals surface area contributed by atoms with E-state index < -0.39 is 5.92 Å². The highest BCUT2D eigenvalue weighted by atomic mass is 32.1. The number of rotatable bonds is 3. The second kappa shape index (κ2) is 7.08. The SMILES string of the molecule is O=C(NC1CCC(F)(F)CC1)c1ccc2nc(N3CCNCC3)sc2c1. The molecule has 1 aliphatic carbocycles. The highest BCUT2D eigenvalue weighted by Crippen LogP contribution is 2.33. The molecule has 0 radical (unpaired) electrons. The third-order valence-corrected chi connectivity index (χ3v) is 6.16. The van der Waals surface area contributed by atoms with E-state index in [0.29, 0.717) is 18.4 Å². The zero-order chi connectivity index (χ0) is 18.1. The number of nitrogens with zero attached hydrogens (tertiary/aromatic N) is 2. The molecule has 2 aromatic rings. The molecule has 2 heterocycles. The molecule has 1 amide bonds. The standard InChI is InChI=1S/C18H22F2N4OS/c19-18(20)5-3-13(4-6-18)22-16(25)12-1-2-14-15(11-12)26-17(23-14)24-9-7-21-8-10-24/h1-2,11,13,21H,3-10H2,(H,22,25). The number of aromatic nitrogens is 1. The van der Waals surface area contributed by atoms with E-state index >= 15 is 0 Å². The summed E-state index contributed by atoms with van der Waals surface area (Å²) in [7, 11) is 0. The summed E-state index contributed by atoms with van der Waals surface area (Å²) in [5, 5.41) is 7.20. The second-order valence-electron chi connectivity index (χ2n) is 7.02. The molecule has 0 bridgehead atoms. The maximum absolute atomic E-state index is 13.2.